The maximum Gasteiger partial charge on any atom is 0.220 e. The number of hydrogen-bond acceptors (Lipinski definition) is 2. The summed E-state index contributed by atoms with van der Waals surface area (Å²) in [6.07, 6.45) is -1.20. The molecule has 5 heteroatoms. The highest BCUT2D eigenvalue weighted by Crippen LogP contribution is 2.42. The monoisotopic (exact) mass is 254 g/mol. The van der Waals surface area contributed by atoms with Gasteiger partial charge in [-0.2, -0.15) is 0 Å². The molecule has 2 nitrogen and oxygen atoms in total. The molecule has 0 saturated heterocycles. The van der Waals surface area contributed by atoms with Crippen LogP contribution in [0.25, 0.3) is 0 Å². The van der Waals surface area contributed by atoms with Crippen molar-refractivity contribution in [2.75, 3.05) is 7.11 Å². The largest absolute Gasteiger partial charge is 0.496 e. The molecule has 0 saturated carbocycles. The van der Waals surface area contributed by atoms with Crippen LogP contribution in [-0.4, -0.2) is 16.0 Å². The van der Waals surface area contributed by atoms with Crippen molar-refractivity contribution in [3.8, 4) is 5.75 Å². The fraction of sp³-hybridized carbons (Fsp3) is 0.333. The number of methoxy groups -OCH3 is 1. The van der Waals surface area contributed by atoms with E-state index in [2.05, 4.69) is 0 Å². The molecule has 1 unspecified atom stereocenters. The number of aliphatic hydroxyl groups is 1. The molecule has 0 heterocycles. The van der Waals surface area contributed by atoms with E-state index in [0.717, 1.165) is 0 Å². The second-order valence-corrected chi connectivity index (χ2v) is 5.06. The molecule has 0 aliphatic carbocycles. The molecule has 1 N–H and O–H groups in total. The number of benzene rings is 1. The van der Waals surface area contributed by atoms with Gasteiger partial charge in [-0.15, -0.1) is 0 Å². The number of halogens is 3. The van der Waals surface area contributed by atoms with Crippen LogP contribution >= 0.6 is 34.8 Å². The van der Waals surface area contributed by atoms with Crippen LogP contribution in [0.1, 0.15) is 11.7 Å². The van der Waals surface area contributed by atoms with Crippen molar-refractivity contribution >= 4 is 34.8 Å². The zero-order valence-corrected chi connectivity index (χ0v) is 9.64. The van der Waals surface area contributed by atoms with Gasteiger partial charge in [0.05, 0.1) is 7.11 Å². The normalized spacial score (nSPS) is 13.8. The summed E-state index contributed by atoms with van der Waals surface area (Å²) in [4.78, 5) is 0. The van der Waals surface area contributed by atoms with E-state index in [0.29, 0.717) is 11.3 Å². The zero-order chi connectivity index (χ0) is 10.8. The zero-order valence-electron chi connectivity index (χ0n) is 7.38. The smallest absolute Gasteiger partial charge is 0.220 e. The van der Waals surface area contributed by atoms with Crippen LogP contribution in [0.5, 0.6) is 5.75 Å². The summed E-state index contributed by atoms with van der Waals surface area (Å²) in [5.41, 5.74) is 0.454. The number of ether oxygens (including phenoxy) is 1. The van der Waals surface area contributed by atoms with Gasteiger partial charge in [0, 0.05) is 5.56 Å². The van der Waals surface area contributed by atoms with E-state index in [1.807, 2.05) is 0 Å². The quantitative estimate of drug-likeness (QED) is 0.823. The van der Waals surface area contributed by atoms with Gasteiger partial charge in [0.1, 0.15) is 11.9 Å². The average molecular weight is 256 g/mol. The molecule has 0 bridgehead atoms. The summed E-state index contributed by atoms with van der Waals surface area (Å²) in [6.45, 7) is 0. The van der Waals surface area contributed by atoms with Gasteiger partial charge in [-0.05, 0) is 6.07 Å². The van der Waals surface area contributed by atoms with Crippen LogP contribution in [0.4, 0.5) is 0 Å². The molecule has 0 fully saturated rings. The highest BCUT2D eigenvalue weighted by Gasteiger charge is 2.33. The van der Waals surface area contributed by atoms with Crippen molar-refractivity contribution in [3.05, 3.63) is 29.8 Å². The summed E-state index contributed by atoms with van der Waals surface area (Å²) in [5, 5.41) is 9.69. The first kappa shape index (κ1) is 11.9. The lowest BCUT2D eigenvalue weighted by Gasteiger charge is -2.20. The van der Waals surface area contributed by atoms with Gasteiger partial charge in [-0.3, -0.25) is 0 Å². The van der Waals surface area contributed by atoms with Gasteiger partial charge >= 0.3 is 0 Å². The Morgan fingerprint density at radius 1 is 1.29 bits per heavy atom. The molecule has 1 rings (SSSR count). The van der Waals surface area contributed by atoms with Crippen LogP contribution < -0.4 is 4.74 Å². The van der Waals surface area contributed by atoms with E-state index in [-0.39, 0.29) is 0 Å². The molecule has 1 aromatic rings. The Hall–Kier alpha value is -0.150. The fourth-order valence-corrected chi connectivity index (χ4v) is 1.42. The summed E-state index contributed by atoms with van der Waals surface area (Å²) in [7, 11) is 1.49. The Morgan fingerprint density at radius 3 is 2.36 bits per heavy atom. The van der Waals surface area contributed by atoms with Crippen LogP contribution in [0.3, 0.4) is 0 Å². The summed E-state index contributed by atoms with van der Waals surface area (Å²) in [5.74, 6) is 0.492. The number of rotatable bonds is 2. The number of para-hydroxylation sites is 1. The standard InChI is InChI=1S/C9H9Cl3O2/c1-14-7-5-3-2-4-6(7)8(13)9(10,11)12/h2-5,8,13H,1H3. The lowest BCUT2D eigenvalue weighted by molar-refractivity contribution is 0.178. The van der Waals surface area contributed by atoms with Gasteiger partial charge < -0.3 is 9.84 Å². The lowest BCUT2D eigenvalue weighted by atomic mass is 10.1. The molecule has 0 spiro atoms. The number of hydrogen-bond donors (Lipinski definition) is 1. The molecule has 78 valence electrons. The topological polar surface area (TPSA) is 29.5 Å². The predicted molar refractivity (Wildman–Crippen MR) is 58.2 cm³/mol. The Kier molecular flexibility index (Phi) is 3.90. The number of alkyl halides is 3. The first-order valence-corrected chi connectivity index (χ1v) is 4.98. The Morgan fingerprint density at radius 2 is 1.86 bits per heavy atom. The summed E-state index contributed by atoms with van der Waals surface area (Å²) >= 11 is 16.7. The van der Waals surface area contributed by atoms with Gasteiger partial charge in [-0.25, -0.2) is 0 Å². The molecule has 14 heavy (non-hydrogen) atoms. The van der Waals surface area contributed by atoms with Crippen molar-refractivity contribution in [1.82, 2.24) is 0 Å². The maximum absolute atomic E-state index is 9.69. The minimum absolute atomic E-state index is 0.454. The number of aliphatic hydroxyl groups excluding tert-OH is 1. The Labute approximate surface area is 97.3 Å². The van der Waals surface area contributed by atoms with Gasteiger partial charge in [0.25, 0.3) is 0 Å². The summed E-state index contributed by atoms with van der Waals surface area (Å²) in [6, 6.07) is 6.84. The molecule has 1 aromatic carbocycles. The van der Waals surface area contributed by atoms with Crippen LogP contribution in [0.15, 0.2) is 24.3 Å². The highest BCUT2D eigenvalue weighted by molar-refractivity contribution is 6.68. The lowest BCUT2D eigenvalue weighted by Crippen LogP contribution is -2.17. The van der Waals surface area contributed by atoms with Crippen molar-refractivity contribution in [3.63, 3.8) is 0 Å². The molecular formula is C9H9Cl3O2. The van der Waals surface area contributed by atoms with Gasteiger partial charge in [0.2, 0.25) is 3.79 Å². The van der Waals surface area contributed by atoms with E-state index >= 15 is 0 Å². The van der Waals surface area contributed by atoms with Crippen LogP contribution in [0.2, 0.25) is 0 Å². The van der Waals surface area contributed by atoms with Crippen LogP contribution in [0, 0.1) is 0 Å². The van der Waals surface area contributed by atoms with E-state index in [4.69, 9.17) is 39.5 Å². The third-order valence-electron chi connectivity index (χ3n) is 1.74. The summed E-state index contributed by atoms with van der Waals surface area (Å²) < 4.78 is 3.27. The van der Waals surface area contributed by atoms with E-state index in [1.54, 1.807) is 24.3 Å². The van der Waals surface area contributed by atoms with Gasteiger partial charge in [0.15, 0.2) is 0 Å². The van der Waals surface area contributed by atoms with Crippen LogP contribution in [-0.2, 0) is 0 Å². The highest BCUT2D eigenvalue weighted by atomic mass is 35.6. The van der Waals surface area contributed by atoms with Crippen molar-refractivity contribution < 1.29 is 9.84 Å². The SMILES string of the molecule is COc1ccccc1C(O)C(Cl)(Cl)Cl. The van der Waals surface area contributed by atoms with Crippen molar-refractivity contribution in [1.29, 1.82) is 0 Å². The second-order valence-electron chi connectivity index (χ2n) is 2.69. The predicted octanol–water partition coefficient (Wildman–Crippen LogP) is 3.10. The van der Waals surface area contributed by atoms with E-state index in [9.17, 15) is 5.11 Å². The molecule has 0 aromatic heterocycles. The molecular weight excluding hydrogens is 246 g/mol. The third-order valence-corrected chi connectivity index (χ3v) is 2.36. The fourth-order valence-electron chi connectivity index (χ4n) is 1.07. The Balaban J connectivity index is 3.06. The molecule has 0 radical (unpaired) electrons. The van der Waals surface area contributed by atoms with Gasteiger partial charge in [-0.1, -0.05) is 53.0 Å². The maximum atomic E-state index is 9.69. The van der Waals surface area contributed by atoms with E-state index in [1.165, 1.54) is 7.11 Å². The minimum Gasteiger partial charge on any atom is -0.496 e. The minimum atomic E-state index is -1.76. The van der Waals surface area contributed by atoms with E-state index < -0.39 is 9.90 Å². The first-order valence-electron chi connectivity index (χ1n) is 3.84. The molecule has 0 aliphatic heterocycles. The van der Waals surface area contributed by atoms with Crippen molar-refractivity contribution in [2.24, 2.45) is 0 Å². The molecule has 0 amide bonds. The Bertz CT molecular complexity index is 309. The molecule has 0 aliphatic rings. The third kappa shape index (κ3) is 2.67. The van der Waals surface area contributed by atoms with Crippen molar-refractivity contribution in [2.45, 2.75) is 9.90 Å². The molecule has 1 atom stereocenters. The first-order chi connectivity index (χ1) is 6.46. The average Bonchev–Trinajstić information content (AvgIpc) is 2.15. The second kappa shape index (κ2) is 4.58.